The molecule has 0 unspecified atom stereocenters. The molecular weight excluding hydrogens is 264 g/mol. The first-order valence-corrected chi connectivity index (χ1v) is 6.56. The molecule has 0 amide bonds. The highest BCUT2D eigenvalue weighted by Crippen LogP contribution is 2.13. The van der Waals surface area contributed by atoms with Crippen LogP contribution in [0.2, 0.25) is 0 Å². The van der Waals surface area contributed by atoms with Gasteiger partial charge in [-0.2, -0.15) is 0 Å². The molecule has 0 N–H and O–H groups in total. The Kier molecular flexibility index (Phi) is 4.94. The van der Waals surface area contributed by atoms with Crippen molar-refractivity contribution in [2.45, 2.75) is 19.3 Å². The lowest BCUT2D eigenvalue weighted by molar-refractivity contribution is -0.126. The molecule has 0 saturated carbocycles. The van der Waals surface area contributed by atoms with Crippen LogP contribution in [0.5, 0.6) is 0 Å². The highest BCUT2D eigenvalue weighted by atomic mass is 16.1. The lowest BCUT2D eigenvalue weighted by Gasteiger charge is -2.02. The Morgan fingerprint density at radius 3 is 1.95 bits per heavy atom. The first kappa shape index (κ1) is 14.6. The van der Waals surface area contributed by atoms with Gasteiger partial charge in [-0.25, -0.2) is 4.85 Å². The van der Waals surface area contributed by atoms with Crippen LogP contribution in [0, 0.1) is 6.57 Å². The Morgan fingerprint density at radius 2 is 1.43 bits per heavy atom. The first-order valence-electron chi connectivity index (χ1n) is 6.56. The molecule has 1 aromatic carbocycles. The van der Waals surface area contributed by atoms with Crippen LogP contribution in [-0.4, -0.2) is 16.6 Å². The van der Waals surface area contributed by atoms with Crippen LogP contribution in [0.15, 0.2) is 48.8 Å². The number of rotatable bonds is 6. The van der Waals surface area contributed by atoms with Crippen molar-refractivity contribution in [3.05, 3.63) is 71.3 Å². The molecule has 1 aromatic heterocycles. The van der Waals surface area contributed by atoms with Crippen LogP contribution in [0.25, 0.3) is 4.85 Å². The van der Waals surface area contributed by atoms with Gasteiger partial charge >= 0.3 is 0 Å². The van der Waals surface area contributed by atoms with Crippen molar-refractivity contribution in [3.8, 4) is 0 Å². The lowest BCUT2D eigenvalue weighted by atomic mass is 10.0. The summed E-state index contributed by atoms with van der Waals surface area (Å²) in [6, 6.07) is 10.4. The molecule has 0 bridgehead atoms. The molecule has 2 aromatic rings. The number of carbonyl (C=O) groups is 2. The Labute approximate surface area is 123 Å². The number of Topliss-reactive ketones (excluding diaryl/α,β-unsaturated/α-hetero) is 2. The van der Waals surface area contributed by atoms with E-state index in [4.69, 9.17) is 6.57 Å². The molecule has 0 aliphatic carbocycles. The quantitative estimate of drug-likeness (QED) is 0.603. The van der Waals surface area contributed by atoms with E-state index in [1.54, 1.807) is 48.8 Å². The largest absolute Gasteiger partial charge is 0.299 e. The molecule has 1 heterocycles. The molecule has 0 atom stereocenters. The standard InChI is InChI=1S/C17H14N2O2/c1-18-15-4-2-13(3-5-15)10-16(20)12-17(21)11-14-6-8-19-9-7-14/h2-9H,10-12H2. The minimum Gasteiger partial charge on any atom is -0.299 e. The summed E-state index contributed by atoms with van der Waals surface area (Å²) < 4.78 is 0. The van der Waals surface area contributed by atoms with Gasteiger partial charge in [0.2, 0.25) is 0 Å². The summed E-state index contributed by atoms with van der Waals surface area (Å²) in [4.78, 5) is 30.9. The fraction of sp³-hybridized carbons (Fsp3) is 0.176. The second kappa shape index (κ2) is 7.11. The van der Waals surface area contributed by atoms with Gasteiger partial charge in [-0.1, -0.05) is 24.3 Å². The van der Waals surface area contributed by atoms with E-state index in [-0.39, 0.29) is 30.8 Å². The molecule has 4 heteroatoms. The van der Waals surface area contributed by atoms with Gasteiger partial charge in [-0.3, -0.25) is 14.6 Å². The summed E-state index contributed by atoms with van der Waals surface area (Å²) in [6.07, 6.45) is 3.67. The van der Waals surface area contributed by atoms with Crippen LogP contribution < -0.4 is 0 Å². The van der Waals surface area contributed by atoms with Crippen molar-refractivity contribution >= 4 is 17.3 Å². The fourth-order valence-corrected chi connectivity index (χ4v) is 1.99. The van der Waals surface area contributed by atoms with E-state index in [9.17, 15) is 9.59 Å². The summed E-state index contributed by atoms with van der Waals surface area (Å²) in [5.41, 5.74) is 2.23. The normalized spacial score (nSPS) is 9.86. The molecule has 104 valence electrons. The van der Waals surface area contributed by atoms with Crippen molar-refractivity contribution in [2.24, 2.45) is 0 Å². The van der Waals surface area contributed by atoms with Gasteiger partial charge in [-0.15, -0.1) is 0 Å². The summed E-state index contributed by atoms with van der Waals surface area (Å²) in [5.74, 6) is -0.200. The molecular formula is C17H14N2O2. The van der Waals surface area contributed by atoms with E-state index >= 15 is 0 Å². The highest BCUT2D eigenvalue weighted by Gasteiger charge is 2.11. The second-order valence-electron chi connectivity index (χ2n) is 4.74. The minimum absolute atomic E-state index is 0.0626. The second-order valence-corrected chi connectivity index (χ2v) is 4.74. The number of aromatic nitrogens is 1. The number of nitrogens with zero attached hydrogens (tertiary/aromatic N) is 2. The van der Waals surface area contributed by atoms with E-state index in [1.807, 2.05) is 0 Å². The van der Waals surface area contributed by atoms with E-state index < -0.39 is 0 Å². The molecule has 21 heavy (non-hydrogen) atoms. The smallest absolute Gasteiger partial charge is 0.187 e. The molecule has 0 aliphatic rings. The lowest BCUT2D eigenvalue weighted by Crippen LogP contribution is -2.12. The molecule has 4 nitrogen and oxygen atoms in total. The zero-order valence-corrected chi connectivity index (χ0v) is 11.5. The van der Waals surface area contributed by atoms with Crippen molar-refractivity contribution < 1.29 is 9.59 Å². The monoisotopic (exact) mass is 278 g/mol. The van der Waals surface area contributed by atoms with Crippen LogP contribution in [0.3, 0.4) is 0 Å². The van der Waals surface area contributed by atoms with Gasteiger partial charge < -0.3 is 0 Å². The Balaban J connectivity index is 1.86. The van der Waals surface area contributed by atoms with E-state index in [0.717, 1.165) is 11.1 Å². The Bertz CT molecular complexity index is 670. The first-order chi connectivity index (χ1) is 10.2. The minimum atomic E-state index is -0.107. The summed E-state index contributed by atoms with van der Waals surface area (Å²) in [6.45, 7) is 6.86. The highest BCUT2D eigenvalue weighted by molar-refractivity contribution is 6.00. The fourth-order valence-electron chi connectivity index (χ4n) is 1.99. The third-order valence-corrected chi connectivity index (χ3v) is 3.01. The van der Waals surface area contributed by atoms with Crippen molar-refractivity contribution in [1.29, 1.82) is 0 Å². The number of hydrogen-bond acceptors (Lipinski definition) is 3. The maximum Gasteiger partial charge on any atom is 0.187 e. The molecule has 0 spiro atoms. The van der Waals surface area contributed by atoms with Gasteiger partial charge in [-0.05, 0) is 23.3 Å². The number of carbonyl (C=O) groups excluding carboxylic acids is 2. The Morgan fingerprint density at radius 1 is 0.905 bits per heavy atom. The van der Waals surface area contributed by atoms with Crippen LogP contribution >= 0.6 is 0 Å². The predicted octanol–water partition coefficient (Wildman–Crippen LogP) is 2.95. The SMILES string of the molecule is [C-]#[N+]c1ccc(CC(=O)CC(=O)Cc2ccncc2)cc1. The van der Waals surface area contributed by atoms with Gasteiger partial charge in [0, 0.05) is 25.2 Å². The number of hydrogen-bond donors (Lipinski definition) is 0. The zero-order chi connectivity index (χ0) is 15.1. The topological polar surface area (TPSA) is 51.4 Å². The van der Waals surface area contributed by atoms with E-state index in [0.29, 0.717) is 5.69 Å². The number of pyridine rings is 1. The summed E-state index contributed by atoms with van der Waals surface area (Å²) >= 11 is 0. The van der Waals surface area contributed by atoms with Crippen LogP contribution in [0.4, 0.5) is 5.69 Å². The van der Waals surface area contributed by atoms with Crippen LogP contribution in [0.1, 0.15) is 17.5 Å². The molecule has 0 fully saturated rings. The molecule has 2 rings (SSSR count). The molecule has 0 radical (unpaired) electrons. The van der Waals surface area contributed by atoms with Gasteiger partial charge in [0.15, 0.2) is 5.69 Å². The average molecular weight is 278 g/mol. The maximum absolute atomic E-state index is 11.9. The third kappa shape index (κ3) is 4.66. The van der Waals surface area contributed by atoms with Gasteiger partial charge in [0.25, 0.3) is 0 Å². The third-order valence-electron chi connectivity index (χ3n) is 3.01. The molecule has 0 saturated heterocycles. The van der Waals surface area contributed by atoms with E-state index in [2.05, 4.69) is 9.83 Å². The van der Waals surface area contributed by atoms with Crippen molar-refractivity contribution in [3.63, 3.8) is 0 Å². The zero-order valence-electron chi connectivity index (χ0n) is 11.5. The molecule has 0 aliphatic heterocycles. The van der Waals surface area contributed by atoms with Crippen LogP contribution in [-0.2, 0) is 22.4 Å². The Hall–Kier alpha value is -2.80. The van der Waals surface area contributed by atoms with Crippen molar-refractivity contribution in [1.82, 2.24) is 4.98 Å². The number of benzene rings is 1. The number of ketones is 2. The predicted molar refractivity (Wildman–Crippen MR) is 79.0 cm³/mol. The summed E-state index contributed by atoms with van der Waals surface area (Å²) in [5, 5.41) is 0. The maximum atomic E-state index is 11.9. The summed E-state index contributed by atoms with van der Waals surface area (Å²) in [7, 11) is 0. The van der Waals surface area contributed by atoms with Gasteiger partial charge in [0.1, 0.15) is 11.6 Å². The van der Waals surface area contributed by atoms with E-state index in [1.165, 1.54) is 0 Å². The van der Waals surface area contributed by atoms with Gasteiger partial charge in [0.05, 0.1) is 13.0 Å². The average Bonchev–Trinajstić information content (AvgIpc) is 2.48. The van der Waals surface area contributed by atoms with Crippen molar-refractivity contribution in [2.75, 3.05) is 0 Å².